The molecule has 7 nitrogen and oxygen atoms in total. The maximum absolute atomic E-state index is 13.9. The number of rotatable bonds is 6. The Bertz CT molecular complexity index is 1490. The van der Waals surface area contributed by atoms with Gasteiger partial charge in [0.2, 0.25) is 5.76 Å². The van der Waals surface area contributed by atoms with Crippen LogP contribution >= 0.6 is 0 Å². The molecule has 5 rings (SSSR count). The first-order chi connectivity index (χ1) is 16.9. The van der Waals surface area contributed by atoms with Crippen LogP contribution in [0.15, 0.2) is 64.1 Å². The first-order valence-corrected chi connectivity index (χ1v) is 11.5. The lowest BCUT2D eigenvalue weighted by Gasteiger charge is -2.25. The summed E-state index contributed by atoms with van der Waals surface area (Å²) in [7, 11) is 1.57. The molecule has 1 aliphatic rings. The fourth-order valence-electron chi connectivity index (χ4n) is 4.84. The molecule has 178 valence electrons. The molecule has 0 fully saturated rings. The summed E-state index contributed by atoms with van der Waals surface area (Å²) >= 11 is 0. The molecule has 4 aromatic rings. The van der Waals surface area contributed by atoms with Crippen molar-refractivity contribution < 1.29 is 18.7 Å². The van der Waals surface area contributed by atoms with Crippen LogP contribution in [-0.4, -0.2) is 29.5 Å². The summed E-state index contributed by atoms with van der Waals surface area (Å²) in [5, 5.41) is 0.494. The largest absolute Gasteiger partial charge is 0.493 e. The summed E-state index contributed by atoms with van der Waals surface area (Å²) in [5.41, 5.74) is 3.92. The van der Waals surface area contributed by atoms with Gasteiger partial charge in [-0.25, -0.2) is 0 Å². The monoisotopic (exact) mass is 470 g/mol. The minimum Gasteiger partial charge on any atom is -0.493 e. The van der Waals surface area contributed by atoms with Gasteiger partial charge in [0.25, 0.3) is 5.91 Å². The molecule has 0 saturated heterocycles. The molecule has 1 unspecified atom stereocenters. The number of aromatic nitrogens is 1. The second-order valence-electron chi connectivity index (χ2n) is 8.67. The van der Waals surface area contributed by atoms with E-state index in [0.717, 1.165) is 22.3 Å². The molecule has 1 atom stereocenters. The Morgan fingerprint density at radius 3 is 2.63 bits per heavy atom. The lowest BCUT2D eigenvalue weighted by Crippen LogP contribution is -2.29. The molecule has 3 heterocycles. The van der Waals surface area contributed by atoms with Gasteiger partial charge in [-0.3, -0.25) is 14.6 Å². The number of hydrogen-bond donors (Lipinski definition) is 0. The Morgan fingerprint density at radius 1 is 1.09 bits per heavy atom. The van der Waals surface area contributed by atoms with Crippen molar-refractivity contribution in [3.63, 3.8) is 0 Å². The van der Waals surface area contributed by atoms with Crippen LogP contribution in [0.5, 0.6) is 11.5 Å². The van der Waals surface area contributed by atoms with Crippen molar-refractivity contribution in [3.8, 4) is 11.5 Å². The van der Waals surface area contributed by atoms with Gasteiger partial charge in [0, 0.05) is 18.9 Å². The third kappa shape index (κ3) is 3.83. The minimum atomic E-state index is -0.649. The quantitative estimate of drug-likeness (QED) is 0.396. The smallest absolute Gasteiger partial charge is 0.291 e. The molecule has 0 saturated carbocycles. The number of amides is 1. The number of methoxy groups -OCH3 is 1. The molecule has 1 aliphatic heterocycles. The molecule has 0 aliphatic carbocycles. The van der Waals surface area contributed by atoms with Crippen molar-refractivity contribution >= 4 is 16.9 Å². The number of aryl methyl sites for hydroxylation is 2. The van der Waals surface area contributed by atoms with Crippen molar-refractivity contribution in [2.75, 3.05) is 13.7 Å². The maximum Gasteiger partial charge on any atom is 0.291 e. The standard InChI is InChI=1S/C28H26N2O5/c1-5-34-20-9-8-19(13-21(20)33-4)25-24-26(31)23-17(3)11-16(2)12-22(23)35-27(24)28(32)30(25)15-18-7-6-10-29-14-18/h6-14,25H,5,15H2,1-4H3. The number of benzene rings is 2. The highest BCUT2D eigenvalue weighted by Gasteiger charge is 2.43. The van der Waals surface area contributed by atoms with E-state index in [2.05, 4.69) is 4.98 Å². The molecular formula is C28H26N2O5. The SMILES string of the molecule is CCOc1ccc(C2c3c(oc4cc(C)cc(C)c4c3=O)C(=O)N2Cc2cccnc2)cc1OC. The zero-order valence-electron chi connectivity index (χ0n) is 20.1. The van der Waals surface area contributed by atoms with Gasteiger partial charge in [0.1, 0.15) is 5.58 Å². The lowest BCUT2D eigenvalue weighted by atomic mass is 9.96. The first kappa shape index (κ1) is 22.7. The molecule has 0 radical (unpaired) electrons. The van der Waals surface area contributed by atoms with Crippen LogP contribution in [0.4, 0.5) is 0 Å². The van der Waals surface area contributed by atoms with Crippen LogP contribution in [0.1, 0.15) is 51.3 Å². The second kappa shape index (κ2) is 8.91. The Balaban J connectivity index is 1.75. The number of carbonyl (C=O) groups is 1. The van der Waals surface area contributed by atoms with E-state index < -0.39 is 6.04 Å². The third-order valence-corrected chi connectivity index (χ3v) is 6.29. The molecule has 0 bridgehead atoms. The summed E-state index contributed by atoms with van der Waals surface area (Å²) in [6, 6.07) is 12.3. The highest BCUT2D eigenvalue weighted by Crippen LogP contribution is 2.42. The van der Waals surface area contributed by atoms with E-state index in [1.54, 1.807) is 36.5 Å². The van der Waals surface area contributed by atoms with Crippen LogP contribution in [0.25, 0.3) is 11.0 Å². The second-order valence-corrected chi connectivity index (χ2v) is 8.67. The van der Waals surface area contributed by atoms with Crippen molar-refractivity contribution in [1.29, 1.82) is 0 Å². The maximum atomic E-state index is 13.9. The van der Waals surface area contributed by atoms with Crippen LogP contribution in [-0.2, 0) is 6.54 Å². The third-order valence-electron chi connectivity index (χ3n) is 6.29. The first-order valence-electron chi connectivity index (χ1n) is 11.5. The molecule has 0 spiro atoms. The van der Waals surface area contributed by atoms with Crippen molar-refractivity contribution in [1.82, 2.24) is 9.88 Å². The van der Waals surface area contributed by atoms with E-state index in [0.29, 0.717) is 34.6 Å². The van der Waals surface area contributed by atoms with E-state index in [4.69, 9.17) is 13.9 Å². The van der Waals surface area contributed by atoms with E-state index in [-0.39, 0.29) is 23.6 Å². The zero-order valence-corrected chi connectivity index (χ0v) is 20.1. The predicted molar refractivity (Wildman–Crippen MR) is 132 cm³/mol. The van der Waals surface area contributed by atoms with E-state index in [1.165, 1.54) is 0 Å². The minimum absolute atomic E-state index is 0.0780. The number of carbonyl (C=O) groups excluding carboxylic acids is 1. The predicted octanol–water partition coefficient (Wildman–Crippen LogP) is 4.96. The van der Waals surface area contributed by atoms with Crippen LogP contribution in [0.2, 0.25) is 0 Å². The van der Waals surface area contributed by atoms with E-state index in [9.17, 15) is 9.59 Å². The number of pyridine rings is 1. The number of ether oxygens (including phenoxy) is 2. The number of hydrogen-bond acceptors (Lipinski definition) is 6. The molecule has 2 aromatic heterocycles. The fraction of sp³-hybridized carbons (Fsp3) is 0.250. The molecule has 35 heavy (non-hydrogen) atoms. The van der Waals surface area contributed by atoms with Crippen LogP contribution < -0.4 is 14.9 Å². The van der Waals surface area contributed by atoms with Gasteiger partial charge >= 0.3 is 0 Å². The Morgan fingerprint density at radius 2 is 1.91 bits per heavy atom. The van der Waals surface area contributed by atoms with E-state index >= 15 is 0 Å². The lowest BCUT2D eigenvalue weighted by molar-refractivity contribution is 0.0714. The molecular weight excluding hydrogens is 444 g/mol. The van der Waals surface area contributed by atoms with Gasteiger partial charge in [-0.15, -0.1) is 0 Å². The summed E-state index contributed by atoms with van der Waals surface area (Å²) in [5.74, 6) is 0.872. The summed E-state index contributed by atoms with van der Waals surface area (Å²) in [4.78, 5) is 33.4. The van der Waals surface area contributed by atoms with Gasteiger partial charge in [-0.1, -0.05) is 18.2 Å². The average Bonchev–Trinajstić information content (AvgIpc) is 3.11. The van der Waals surface area contributed by atoms with Gasteiger partial charge in [-0.05, 0) is 67.3 Å². The molecule has 1 amide bonds. The number of fused-ring (bicyclic) bond motifs is 2. The Hall–Kier alpha value is -4.13. The normalized spacial score (nSPS) is 14.9. The summed E-state index contributed by atoms with van der Waals surface area (Å²) < 4.78 is 17.4. The molecule has 7 heteroatoms. The fourth-order valence-corrected chi connectivity index (χ4v) is 4.84. The topological polar surface area (TPSA) is 81.9 Å². The van der Waals surface area contributed by atoms with Gasteiger partial charge in [0.05, 0.1) is 30.7 Å². The van der Waals surface area contributed by atoms with Gasteiger partial charge in [0.15, 0.2) is 16.9 Å². The van der Waals surface area contributed by atoms with Crippen molar-refractivity contribution in [3.05, 3.63) is 98.7 Å². The summed E-state index contributed by atoms with van der Waals surface area (Å²) in [6.45, 7) is 6.48. The zero-order chi connectivity index (χ0) is 24.7. The molecule has 2 aromatic carbocycles. The van der Waals surface area contributed by atoms with E-state index in [1.807, 2.05) is 51.1 Å². The highest BCUT2D eigenvalue weighted by molar-refractivity contribution is 5.99. The van der Waals surface area contributed by atoms with Crippen LogP contribution in [0.3, 0.4) is 0 Å². The van der Waals surface area contributed by atoms with Gasteiger partial charge in [-0.2, -0.15) is 0 Å². The molecule has 0 N–H and O–H groups in total. The highest BCUT2D eigenvalue weighted by atomic mass is 16.5. The average molecular weight is 471 g/mol. The summed E-state index contributed by atoms with van der Waals surface area (Å²) in [6.07, 6.45) is 3.40. The number of nitrogens with zero attached hydrogens (tertiary/aromatic N) is 2. The van der Waals surface area contributed by atoms with Crippen LogP contribution in [0, 0.1) is 13.8 Å². The van der Waals surface area contributed by atoms with Gasteiger partial charge < -0.3 is 18.8 Å². The van der Waals surface area contributed by atoms with Crippen molar-refractivity contribution in [2.45, 2.75) is 33.4 Å². The van der Waals surface area contributed by atoms with Crippen molar-refractivity contribution in [2.24, 2.45) is 0 Å². The Kier molecular flexibility index (Phi) is 5.76. The Labute approximate surface area is 202 Å².